The van der Waals surface area contributed by atoms with Crippen LogP contribution in [0.2, 0.25) is 0 Å². The van der Waals surface area contributed by atoms with Crippen molar-refractivity contribution in [3.8, 4) is 10.6 Å². The van der Waals surface area contributed by atoms with Crippen LogP contribution in [0.5, 0.6) is 0 Å². The van der Waals surface area contributed by atoms with Gasteiger partial charge >= 0.3 is 0 Å². The molecule has 0 radical (unpaired) electrons. The Labute approximate surface area is 135 Å². The summed E-state index contributed by atoms with van der Waals surface area (Å²) in [6.45, 7) is 5.42. The molecule has 1 aliphatic heterocycles. The fraction of sp³-hybridized carbons (Fsp3) is 0.467. The van der Waals surface area contributed by atoms with Gasteiger partial charge in [-0.25, -0.2) is 18.4 Å². The number of sulfonamides is 1. The van der Waals surface area contributed by atoms with E-state index in [4.69, 9.17) is 0 Å². The Kier molecular flexibility index (Phi) is 4.05. The highest BCUT2D eigenvalue weighted by Gasteiger charge is 2.34. The van der Waals surface area contributed by atoms with Crippen molar-refractivity contribution < 1.29 is 8.42 Å². The molecule has 3 heterocycles. The Bertz CT molecular complexity index is 754. The van der Waals surface area contributed by atoms with Gasteiger partial charge in [0.05, 0.1) is 10.6 Å². The van der Waals surface area contributed by atoms with Crippen LogP contribution < -0.4 is 0 Å². The second-order valence-electron chi connectivity index (χ2n) is 6.32. The molecule has 5 nitrogen and oxygen atoms in total. The minimum atomic E-state index is -3.41. The second kappa shape index (κ2) is 5.72. The molecule has 0 bridgehead atoms. The van der Waals surface area contributed by atoms with Crippen LogP contribution >= 0.6 is 11.3 Å². The number of rotatable bonds is 3. The van der Waals surface area contributed by atoms with Gasteiger partial charge in [0.15, 0.2) is 0 Å². The summed E-state index contributed by atoms with van der Waals surface area (Å²) in [4.78, 5) is 8.90. The van der Waals surface area contributed by atoms with E-state index in [9.17, 15) is 8.42 Å². The SMILES string of the molecule is CC1(C)CCCN(S(=O)(=O)c2ccc(-c3ccncn3)s2)C1. The number of thiophene rings is 1. The zero-order chi connectivity index (χ0) is 15.8. The molecule has 2 aromatic rings. The molecular weight excluding hydrogens is 318 g/mol. The molecule has 0 spiro atoms. The molecule has 0 aromatic carbocycles. The van der Waals surface area contributed by atoms with Crippen LogP contribution in [-0.2, 0) is 10.0 Å². The Hall–Kier alpha value is -1.31. The van der Waals surface area contributed by atoms with Gasteiger partial charge in [-0.1, -0.05) is 13.8 Å². The molecule has 0 aliphatic carbocycles. The first-order chi connectivity index (χ1) is 10.4. The summed E-state index contributed by atoms with van der Waals surface area (Å²) in [5.41, 5.74) is 0.790. The quantitative estimate of drug-likeness (QED) is 0.864. The minimum absolute atomic E-state index is 0.0397. The third-order valence-corrected chi connectivity index (χ3v) is 7.30. The molecule has 0 N–H and O–H groups in total. The predicted octanol–water partition coefficient (Wildman–Crippen LogP) is 3.02. The van der Waals surface area contributed by atoms with E-state index in [0.717, 1.165) is 23.4 Å². The monoisotopic (exact) mass is 337 g/mol. The van der Waals surface area contributed by atoms with Crippen molar-refractivity contribution in [3.63, 3.8) is 0 Å². The van der Waals surface area contributed by atoms with Crippen molar-refractivity contribution in [2.75, 3.05) is 13.1 Å². The summed E-state index contributed by atoms with van der Waals surface area (Å²) >= 11 is 1.27. The van der Waals surface area contributed by atoms with E-state index in [1.807, 2.05) is 6.07 Å². The highest BCUT2D eigenvalue weighted by Crippen LogP contribution is 2.35. The van der Waals surface area contributed by atoms with Crippen molar-refractivity contribution in [3.05, 3.63) is 30.7 Å². The highest BCUT2D eigenvalue weighted by molar-refractivity contribution is 7.91. The minimum Gasteiger partial charge on any atom is -0.245 e. The molecule has 0 atom stereocenters. The molecule has 2 aromatic heterocycles. The molecule has 1 aliphatic rings. The smallest absolute Gasteiger partial charge is 0.245 e. The van der Waals surface area contributed by atoms with Gasteiger partial charge < -0.3 is 0 Å². The fourth-order valence-electron chi connectivity index (χ4n) is 2.73. The maximum absolute atomic E-state index is 12.8. The molecule has 7 heteroatoms. The van der Waals surface area contributed by atoms with Gasteiger partial charge in [0.2, 0.25) is 0 Å². The summed E-state index contributed by atoms with van der Waals surface area (Å²) in [7, 11) is -3.41. The van der Waals surface area contributed by atoms with Crippen LogP contribution in [0.25, 0.3) is 10.6 Å². The predicted molar refractivity (Wildman–Crippen MR) is 87.1 cm³/mol. The molecule has 0 amide bonds. The standard InChI is InChI=1S/C15H19N3O2S2/c1-15(2)7-3-9-18(10-15)22(19,20)14-5-4-13(21-14)12-6-8-16-11-17-12/h4-6,8,11H,3,7,9-10H2,1-2H3. The summed E-state index contributed by atoms with van der Waals surface area (Å²) in [5, 5.41) is 0. The Morgan fingerprint density at radius 2 is 2.09 bits per heavy atom. The van der Waals surface area contributed by atoms with E-state index < -0.39 is 10.0 Å². The summed E-state index contributed by atoms with van der Waals surface area (Å²) in [6.07, 6.45) is 5.10. The lowest BCUT2D eigenvalue weighted by Crippen LogP contribution is -2.43. The van der Waals surface area contributed by atoms with Gasteiger partial charge in [-0.15, -0.1) is 11.3 Å². The number of hydrogen-bond acceptors (Lipinski definition) is 5. The first kappa shape index (κ1) is 15.6. The Morgan fingerprint density at radius 1 is 1.27 bits per heavy atom. The molecule has 118 valence electrons. The van der Waals surface area contributed by atoms with Crippen molar-refractivity contribution >= 4 is 21.4 Å². The first-order valence-corrected chi connectivity index (χ1v) is 9.51. The number of aromatic nitrogens is 2. The Morgan fingerprint density at radius 3 is 2.77 bits per heavy atom. The normalized spacial score (nSPS) is 19.2. The van der Waals surface area contributed by atoms with Crippen LogP contribution in [0.1, 0.15) is 26.7 Å². The van der Waals surface area contributed by atoms with Gasteiger partial charge in [-0.3, -0.25) is 0 Å². The van der Waals surface area contributed by atoms with Gasteiger partial charge in [-0.2, -0.15) is 4.31 Å². The lowest BCUT2D eigenvalue weighted by atomic mass is 9.85. The van der Waals surface area contributed by atoms with Crippen molar-refractivity contribution in [2.24, 2.45) is 5.41 Å². The fourth-order valence-corrected chi connectivity index (χ4v) is 5.84. The van der Waals surface area contributed by atoms with E-state index >= 15 is 0 Å². The molecule has 0 unspecified atom stereocenters. The molecule has 1 fully saturated rings. The average molecular weight is 337 g/mol. The van der Waals surface area contributed by atoms with Crippen LogP contribution in [-0.4, -0.2) is 35.8 Å². The van der Waals surface area contributed by atoms with Crippen LogP contribution in [0, 0.1) is 5.41 Å². The molecule has 1 saturated heterocycles. The van der Waals surface area contributed by atoms with Crippen molar-refractivity contribution in [1.29, 1.82) is 0 Å². The molecule has 0 saturated carbocycles. The Balaban J connectivity index is 1.89. The van der Waals surface area contributed by atoms with Crippen molar-refractivity contribution in [1.82, 2.24) is 14.3 Å². The van der Waals surface area contributed by atoms with Gasteiger partial charge in [0.25, 0.3) is 10.0 Å². The van der Waals surface area contributed by atoms with E-state index in [0.29, 0.717) is 17.3 Å². The van der Waals surface area contributed by atoms with E-state index in [1.165, 1.54) is 17.7 Å². The van der Waals surface area contributed by atoms with Crippen LogP contribution in [0.3, 0.4) is 0 Å². The summed E-state index contributed by atoms with van der Waals surface area (Å²) in [5.74, 6) is 0. The van der Waals surface area contributed by atoms with Gasteiger partial charge in [0, 0.05) is 19.3 Å². The van der Waals surface area contributed by atoms with Crippen molar-refractivity contribution in [2.45, 2.75) is 30.9 Å². The lowest BCUT2D eigenvalue weighted by Gasteiger charge is -2.36. The largest absolute Gasteiger partial charge is 0.252 e. The van der Waals surface area contributed by atoms with E-state index in [1.54, 1.807) is 22.6 Å². The van der Waals surface area contributed by atoms with Gasteiger partial charge in [-0.05, 0) is 36.5 Å². The maximum atomic E-state index is 12.8. The van der Waals surface area contributed by atoms with Gasteiger partial charge in [0.1, 0.15) is 10.5 Å². The number of hydrogen-bond donors (Lipinski definition) is 0. The number of piperidine rings is 1. The van der Waals surface area contributed by atoms with Crippen LogP contribution in [0.4, 0.5) is 0 Å². The zero-order valence-electron chi connectivity index (χ0n) is 12.7. The third-order valence-electron chi connectivity index (χ3n) is 3.88. The zero-order valence-corrected chi connectivity index (χ0v) is 14.3. The topological polar surface area (TPSA) is 63.2 Å². The molecule has 3 rings (SSSR count). The molecule has 22 heavy (non-hydrogen) atoms. The third kappa shape index (κ3) is 3.06. The number of nitrogens with zero attached hydrogens (tertiary/aromatic N) is 3. The van der Waals surface area contributed by atoms with Crippen LogP contribution in [0.15, 0.2) is 34.9 Å². The maximum Gasteiger partial charge on any atom is 0.252 e. The van der Waals surface area contributed by atoms with E-state index in [2.05, 4.69) is 23.8 Å². The highest BCUT2D eigenvalue weighted by atomic mass is 32.2. The first-order valence-electron chi connectivity index (χ1n) is 7.25. The lowest BCUT2D eigenvalue weighted by molar-refractivity contribution is 0.187. The second-order valence-corrected chi connectivity index (χ2v) is 9.57. The average Bonchev–Trinajstić information content (AvgIpc) is 2.98. The summed E-state index contributed by atoms with van der Waals surface area (Å²) in [6, 6.07) is 5.28. The summed E-state index contributed by atoms with van der Waals surface area (Å²) < 4.78 is 27.7. The van der Waals surface area contributed by atoms with E-state index in [-0.39, 0.29) is 5.41 Å². The molecular formula is C15H19N3O2S2.